The van der Waals surface area contributed by atoms with Crippen molar-refractivity contribution in [2.45, 2.75) is 341 Å². The zero-order valence-corrected chi connectivity index (χ0v) is 83.9. The highest BCUT2D eigenvalue weighted by molar-refractivity contribution is 6.01. The smallest absolute Gasteiger partial charge is 0.333 e. The molecule has 0 aromatic rings. The number of hydrogen-bond acceptors (Lipinski definition) is 48. The molecule has 7 saturated heterocycles. The average molecular weight is 2140 g/mol. The van der Waals surface area contributed by atoms with E-state index in [1.54, 1.807) is 0 Å². The number of unbranched alkanes of at least 4 members (excludes halogenated alkanes) is 5. The third-order valence-corrected chi connectivity index (χ3v) is 25.5. The van der Waals surface area contributed by atoms with Crippen LogP contribution in [0.1, 0.15) is 151 Å². The van der Waals surface area contributed by atoms with Crippen LogP contribution in [0.15, 0.2) is 0 Å². The Kier molecular flexibility index (Phi) is 55.7. The van der Waals surface area contributed by atoms with Crippen LogP contribution in [0.3, 0.4) is 0 Å². The number of carbonyl (C=O) groups excluding carboxylic acids is 14. The molecule has 10 amide bonds. The van der Waals surface area contributed by atoms with E-state index < -0.39 is 344 Å². The van der Waals surface area contributed by atoms with E-state index >= 15 is 4.79 Å². The van der Waals surface area contributed by atoms with E-state index in [-0.39, 0.29) is 175 Å². The maximum atomic E-state index is 15.2. The first kappa shape index (κ1) is 127. The van der Waals surface area contributed by atoms with Crippen LogP contribution in [0.25, 0.3) is 0 Å². The summed E-state index contributed by atoms with van der Waals surface area (Å²) in [6.07, 6.45) is -43.5. The number of ether oxygens (including phenoxy) is 12. The van der Waals surface area contributed by atoms with Crippen molar-refractivity contribution in [3.8, 4) is 0 Å². The van der Waals surface area contributed by atoms with Crippen molar-refractivity contribution in [3.05, 3.63) is 0 Å². The summed E-state index contributed by atoms with van der Waals surface area (Å²) in [5.74, 6) is -11.6. The summed E-state index contributed by atoms with van der Waals surface area (Å²) in [5, 5.41) is 207. The SMILES string of the molecule is C[C@@H]1O[C@@H](OCCCC(=O)CN(CC(=O)NCCCC[C@H](CC(=O)CN(CC(=O)NCCO[C@@H]2O[C@@H](C)[C@@H](O)[C@@H](O)[C@@H]2O)CC(=O)NCCO[C@@H]2O[C@@H](C)[C@@H](O)[C@@H](O)[C@@H]2O)C(=O)N[C@@H](CCCCNC(=O)CN(CC(=O)NCCO[C@@H]2O[C@@H](C)[C@@H](O)[C@@H](O)[C@@H]2O)CC(=O)NCCO[C@@H]2O[C@@H](C)[C@@H](O)[C@@H](O)[C@@H]2O)C(=O)CCCCCCC(=O)ON2C(=O)CCC2=O)CC(=O)NCCO[C@@H]2O[C@@H](C)[C@@H](O)[C@@H](O)[C@@H]2O)[C@@H](O)[C@H](O)[C@@H]1O. The van der Waals surface area contributed by atoms with Gasteiger partial charge in [-0.15, -0.1) is 5.06 Å². The largest absolute Gasteiger partial charge is 0.388 e. The Hall–Kier alpha value is -7.94. The molecule has 7 aliphatic heterocycles. The minimum atomic E-state index is -1.71. The van der Waals surface area contributed by atoms with E-state index in [1.807, 2.05) is 0 Å². The van der Waals surface area contributed by atoms with Crippen LogP contribution in [0, 0.1) is 5.92 Å². The van der Waals surface area contributed by atoms with Crippen molar-refractivity contribution >= 4 is 82.4 Å². The molecule has 0 aromatic carbocycles. The predicted molar refractivity (Wildman–Crippen MR) is 497 cm³/mol. The fourth-order valence-corrected chi connectivity index (χ4v) is 16.7. The van der Waals surface area contributed by atoms with E-state index in [9.17, 15) is 154 Å². The topological polar surface area (TPSA) is 832 Å². The van der Waals surface area contributed by atoms with Crippen LogP contribution in [0.5, 0.6) is 0 Å². The molecule has 0 aromatic heterocycles. The summed E-state index contributed by atoms with van der Waals surface area (Å²) < 4.78 is 66.0. The van der Waals surface area contributed by atoms with E-state index in [0.29, 0.717) is 17.9 Å². The van der Waals surface area contributed by atoms with Gasteiger partial charge in [-0.2, -0.15) is 0 Å². The lowest BCUT2D eigenvalue weighted by Crippen LogP contribution is -2.57. The Morgan fingerprint density at radius 3 is 0.865 bits per heavy atom. The van der Waals surface area contributed by atoms with E-state index in [2.05, 4.69) is 42.5 Å². The molecule has 0 bridgehead atoms. The zero-order valence-electron chi connectivity index (χ0n) is 83.9. The molecule has 7 fully saturated rings. The number of nitrogens with zero attached hydrogens (tertiary/aromatic N) is 4. The second-order valence-corrected chi connectivity index (χ2v) is 37.8. The molecule has 848 valence electrons. The van der Waals surface area contributed by atoms with Gasteiger partial charge in [0.05, 0.1) is 141 Å². The van der Waals surface area contributed by atoms with Gasteiger partial charge in [-0.1, -0.05) is 19.3 Å². The van der Waals surface area contributed by atoms with Crippen molar-refractivity contribution in [2.24, 2.45) is 5.92 Å². The van der Waals surface area contributed by atoms with Crippen molar-refractivity contribution in [2.75, 3.05) is 144 Å². The lowest BCUT2D eigenvalue weighted by Gasteiger charge is -2.38. The van der Waals surface area contributed by atoms with Gasteiger partial charge in [-0.25, -0.2) is 4.79 Å². The van der Waals surface area contributed by atoms with Gasteiger partial charge in [0.15, 0.2) is 43.5 Å². The molecule has 148 heavy (non-hydrogen) atoms. The Bertz CT molecular complexity index is 3970. The third-order valence-electron chi connectivity index (χ3n) is 25.5. The standard InChI is InChI=1S/C91H154N12O45/c1-46-67(117)73(123)79(129)86(142-46)136-30-15-17-53(104)37-100(40-59(109)94-25-31-137-87-80(130)74(124)68(118)47(2)143-87)39-57(107)92-23-13-11-16-52(36-54(105)38-101(41-60(110)95-26-32-138-88-81(131)75(125)69(119)48(3)144-88)42-61(111)96-27-33-139-89-82(132)76(126)70(120)49(4)145-89)85(135)99-55(56(106)19-9-7-8-10-20-66(116)148-103-64(114)21-22-65(103)115)18-12-14-24-93-58(108)43-102(44-62(112)97-28-34-140-90-83(133)77(127)71(121)50(5)146-90)45-63(113)98-29-35-141-91-84(134)78(128)72(122)51(6)147-91/h46-52,55,67-84,86-91,117-134H,7-45H2,1-6H3,(H,92,107)(H,93,108)(H,94,109)(H,95,110)(H,96,111)(H,97,112)(H,98,113)(H,99,135)/t46-,47-,48-,49-,50-,51-,52+,55-,67+,68+,69+,70+,71+,72+,73+,74+,75+,76+,77+,78+,79-,80-,81-,82-,83-,84-,86+,87+,88+,89+,90+,91+/m0/s1. The number of amides is 10. The molecule has 32 atom stereocenters. The highest BCUT2D eigenvalue weighted by Crippen LogP contribution is 2.29. The molecule has 7 heterocycles. The number of ketones is 3. The monoisotopic (exact) mass is 2140 g/mol. The van der Waals surface area contributed by atoms with Crippen LogP contribution in [0.4, 0.5) is 0 Å². The Labute approximate surface area is 853 Å². The maximum Gasteiger partial charge on any atom is 0.333 e. The van der Waals surface area contributed by atoms with E-state index in [0.717, 1.165) is 9.80 Å². The number of carbonyl (C=O) groups is 14. The normalized spacial score (nSPS) is 31.3. The first-order valence-corrected chi connectivity index (χ1v) is 50.0. The van der Waals surface area contributed by atoms with Crippen LogP contribution in [0.2, 0.25) is 0 Å². The van der Waals surface area contributed by atoms with Gasteiger partial charge in [-0.3, -0.25) is 77.0 Å². The van der Waals surface area contributed by atoms with E-state index in [4.69, 9.17) is 61.7 Å². The Morgan fingerprint density at radius 1 is 0.297 bits per heavy atom. The number of aliphatic hydroxyl groups excluding tert-OH is 18. The number of nitrogens with one attached hydrogen (secondary N) is 8. The molecule has 7 aliphatic rings. The van der Waals surface area contributed by atoms with Crippen LogP contribution >= 0.6 is 0 Å². The highest BCUT2D eigenvalue weighted by Gasteiger charge is 2.49. The maximum absolute atomic E-state index is 15.2. The lowest BCUT2D eigenvalue weighted by atomic mass is 9.93. The highest BCUT2D eigenvalue weighted by atomic mass is 16.7. The van der Waals surface area contributed by atoms with Gasteiger partial charge in [0.1, 0.15) is 121 Å². The van der Waals surface area contributed by atoms with Crippen LogP contribution in [-0.2, 0) is 129 Å². The molecular weight excluding hydrogens is 1980 g/mol. The predicted octanol–water partition coefficient (Wildman–Crippen LogP) is -14.0. The van der Waals surface area contributed by atoms with E-state index in [1.165, 1.54) is 46.4 Å². The second kappa shape index (κ2) is 64.9. The van der Waals surface area contributed by atoms with Gasteiger partial charge < -0.3 is 196 Å². The number of rotatable bonds is 66. The molecule has 0 aliphatic carbocycles. The summed E-state index contributed by atoms with van der Waals surface area (Å²) in [7, 11) is 0. The summed E-state index contributed by atoms with van der Waals surface area (Å²) in [6, 6.07) is -1.35. The van der Waals surface area contributed by atoms with Gasteiger partial charge >= 0.3 is 5.97 Å². The quantitative estimate of drug-likeness (QED) is 0.0199. The number of imide groups is 1. The number of hydroxylamine groups is 2. The van der Waals surface area contributed by atoms with Crippen molar-refractivity contribution in [3.63, 3.8) is 0 Å². The minimum absolute atomic E-state index is 0.00773. The van der Waals surface area contributed by atoms with Gasteiger partial charge in [-0.05, 0) is 92.9 Å². The summed E-state index contributed by atoms with van der Waals surface area (Å²) in [5.41, 5.74) is 0. The third kappa shape index (κ3) is 42.1. The lowest BCUT2D eigenvalue weighted by molar-refractivity contribution is -0.293. The van der Waals surface area contributed by atoms with Gasteiger partial charge in [0.2, 0.25) is 47.3 Å². The summed E-state index contributed by atoms with van der Waals surface area (Å²) >= 11 is 0. The molecule has 7 rings (SSSR count). The number of Topliss-reactive ketones (excluding diaryl/α,β-unsaturated/α-hetero) is 3. The van der Waals surface area contributed by atoms with Crippen LogP contribution < -0.4 is 42.5 Å². The molecule has 0 spiro atoms. The van der Waals surface area contributed by atoms with Gasteiger partial charge in [0.25, 0.3) is 11.8 Å². The fourth-order valence-electron chi connectivity index (χ4n) is 16.7. The molecular formula is C91H154N12O45. The molecule has 26 N–H and O–H groups in total. The Morgan fingerprint density at radius 2 is 0.561 bits per heavy atom. The summed E-state index contributed by atoms with van der Waals surface area (Å²) in [6.45, 7) is -0.444. The van der Waals surface area contributed by atoms with Gasteiger partial charge in [0, 0.05) is 90.3 Å². The molecule has 0 unspecified atom stereocenters. The van der Waals surface area contributed by atoms with Crippen molar-refractivity contribution < 1.29 is 221 Å². The molecule has 57 nitrogen and oxygen atoms in total. The second-order valence-electron chi connectivity index (χ2n) is 37.8. The minimum Gasteiger partial charge on any atom is -0.388 e. The molecule has 57 heteroatoms. The first-order valence-electron chi connectivity index (χ1n) is 50.0. The van der Waals surface area contributed by atoms with Crippen molar-refractivity contribution in [1.82, 2.24) is 62.3 Å². The average Bonchev–Trinajstić information content (AvgIpc) is 1.10. The molecule has 0 saturated carbocycles. The summed E-state index contributed by atoms with van der Waals surface area (Å²) in [4.78, 5) is 200. The number of hydrogen-bond donors (Lipinski definition) is 26. The Balaban J connectivity index is 1.09. The first-order chi connectivity index (χ1) is 70.1. The zero-order chi connectivity index (χ0) is 109. The molecule has 0 radical (unpaired) electrons. The number of aliphatic hydroxyl groups is 18. The van der Waals surface area contributed by atoms with Crippen LogP contribution in [-0.4, -0.2) is 529 Å². The fraction of sp³-hybridized carbons (Fsp3) is 0.846. The van der Waals surface area contributed by atoms with Crippen molar-refractivity contribution in [1.29, 1.82) is 0 Å².